The van der Waals surface area contributed by atoms with Crippen molar-refractivity contribution in [2.75, 3.05) is 14.7 Å². The largest absolute Gasteiger partial charge is 0.310 e. The Bertz CT molecular complexity index is 3660. The van der Waals surface area contributed by atoms with E-state index < -0.39 is 0 Å². The Morgan fingerprint density at radius 3 is 1.14 bits per heavy atom. The normalized spacial score (nSPS) is 11.1. The van der Waals surface area contributed by atoms with Crippen LogP contribution in [0.5, 0.6) is 0 Å². The van der Waals surface area contributed by atoms with Crippen LogP contribution in [0.1, 0.15) is 0 Å². The molecular weight excluding hydrogens is 849 g/mol. The van der Waals surface area contributed by atoms with E-state index in [4.69, 9.17) is 0 Å². The smallest absolute Gasteiger partial charge is 0.0782 e. The lowest BCUT2D eigenvalue weighted by Crippen LogP contribution is -2.15. The van der Waals surface area contributed by atoms with E-state index in [9.17, 15) is 0 Å². The van der Waals surface area contributed by atoms with Crippen LogP contribution in [0.3, 0.4) is 0 Å². The number of anilines is 9. The Labute approximate surface area is 409 Å². The molecule has 1 heterocycles. The Hall–Kier alpha value is -9.38. The third-order valence-electron chi connectivity index (χ3n) is 13.1. The molecule has 0 aliphatic rings. The molecule has 4 heteroatoms. The van der Waals surface area contributed by atoms with Gasteiger partial charge in [0.2, 0.25) is 0 Å². The molecule has 0 fully saturated rings. The first kappa shape index (κ1) is 42.0. The molecule has 0 N–H and O–H groups in total. The van der Waals surface area contributed by atoms with E-state index in [2.05, 4.69) is 310 Å². The Balaban J connectivity index is 1.06. The van der Waals surface area contributed by atoms with Gasteiger partial charge in [-0.05, 0) is 131 Å². The fraction of sp³-hybridized carbons (Fsp3) is 0. The van der Waals surface area contributed by atoms with E-state index in [1.165, 1.54) is 27.5 Å². The van der Waals surface area contributed by atoms with E-state index in [1.54, 1.807) is 0 Å². The fourth-order valence-electron chi connectivity index (χ4n) is 10.0. The van der Waals surface area contributed by atoms with Crippen LogP contribution in [-0.2, 0) is 0 Å². The average molecular weight is 897 g/mol. The van der Waals surface area contributed by atoms with Crippen molar-refractivity contribution in [2.45, 2.75) is 0 Å². The highest BCUT2D eigenvalue weighted by Crippen LogP contribution is 2.47. The highest BCUT2D eigenvalue weighted by Gasteiger charge is 2.24. The standard InChI is InChI=1S/C66H48N4/c1-6-23-49(24-7-1)60-37-16-17-38-61(60)50-43-45-55(46-44-50)68(53-29-12-4-13-30-53)57-34-21-36-59(48-57)69(58-35-20-33-56(47-58)67(51-25-8-2-9-26-51)52-27-10-3-11-28-52)65-42-22-40-63-62-39-18-19-41-64(62)70(66(63)65)54-31-14-5-15-32-54/h1-48H. The summed E-state index contributed by atoms with van der Waals surface area (Å²) in [6, 6.07) is 104. The molecule has 1 aromatic heterocycles. The fourth-order valence-corrected chi connectivity index (χ4v) is 10.0. The number of hydrogen-bond donors (Lipinski definition) is 0. The summed E-state index contributed by atoms with van der Waals surface area (Å²) >= 11 is 0. The minimum atomic E-state index is 1.02. The second-order valence-electron chi connectivity index (χ2n) is 17.4. The van der Waals surface area contributed by atoms with Gasteiger partial charge in [-0.25, -0.2) is 0 Å². The minimum absolute atomic E-state index is 1.02. The molecule has 4 nitrogen and oxygen atoms in total. The second-order valence-corrected chi connectivity index (χ2v) is 17.4. The van der Waals surface area contributed by atoms with Crippen molar-refractivity contribution in [1.29, 1.82) is 0 Å². The summed E-state index contributed by atoms with van der Waals surface area (Å²) < 4.78 is 2.43. The van der Waals surface area contributed by atoms with Gasteiger partial charge < -0.3 is 19.3 Å². The summed E-state index contributed by atoms with van der Waals surface area (Å²) in [5.74, 6) is 0. The Morgan fingerprint density at radius 2 is 0.614 bits per heavy atom. The summed E-state index contributed by atoms with van der Waals surface area (Å²) in [6.07, 6.45) is 0. The average Bonchev–Trinajstić information content (AvgIpc) is 3.78. The SMILES string of the molecule is c1ccc(-c2ccccc2-c2ccc(N(c3ccccc3)c3cccc(N(c4cccc(N(c5ccccc5)c5ccccc5)c4)c4cccc5c6ccccc6n(-c6ccccc6)c45)c3)cc2)cc1. The maximum absolute atomic E-state index is 2.44. The summed E-state index contributed by atoms with van der Waals surface area (Å²) in [4.78, 5) is 7.13. The Morgan fingerprint density at radius 1 is 0.243 bits per heavy atom. The lowest BCUT2D eigenvalue weighted by Gasteiger charge is -2.31. The molecule has 332 valence electrons. The molecule has 0 saturated heterocycles. The molecule has 0 aliphatic heterocycles. The third kappa shape index (κ3) is 7.93. The molecule has 0 spiro atoms. The molecule has 11 aromatic carbocycles. The number of para-hydroxylation sites is 6. The zero-order valence-electron chi connectivity index (χ0n) is 38.5. The summed E-state index contributed by atoms with van der Waals surface area (Å²) in [5, 5.41) is 2.39. The molecule has 70 heavy (non-hydrogen) atoms. The molecule has 0 radical (unpaired) electrons. The van der Waals surface area contributed by atoms with Crippen LogP contribution in [0.15, 0.2) is 291 Å². The van der Waals surface area contributed by atoms with Crippen molar-refractivity contribution < 1.29 is 0 Å². The molecule has 12 aromatic rings. The predicted octanol–water partition coefficient (Wildman–Crippen LogP) is 18.5. The molecule has 0 bridgehead atoms. The molecule has 0 unspecified atom stereocenters. The monoisotopic (exact) mass is 896 g/mol. The van der Waals surface area contributed by atoms with Crippen molar-refractivity contribution in [3.05, 3.63) is 291 Å². The van der Waals surface area contributed by atoms with Crippen LogP contribution < -0.4 is 14.7 Å². The van der Waals surface area contributed by atoms with Gasteiger partial charge in [0.25, 0.3) is 0 Å². The number of hydrogen-bond acceptors (Lipinski definition) is 3. The molecule has 0 aliphatic carbocycles. The number of fused-ring (bicyclic) bond motifs is 3. The number of aromatic nitrogens is 1. The third-order valence-corrected chi connectivity index (χ3v) is 13.1. The summed E-state index contributed by atoms with van der Waals surface area (Å²) in [6.45, 7) is 0. The molecule has 0 atom stereocenters. The lowest BCUT2D eigenvalue weighted by molar-refractivity contribution is 1.16. The quantitative estimate of drug-likeness (QED) is 0.121. The van der Waals surface area contributed by atoms with E-state index in [0.717, 1.165) is 73.5 Å². The first-order chi connectivity index (χ1) is 34.8. The van der Waals surface area contributed by atoms with Gasteiger partial charge in [0.15, 0.2) is 0 Å². The molecule has 0 saturated carbocycles. The zero-order chi connectivity index (χ0) is 46.6. The van der Waals surface area contributed by atoms with E-state index in [1.807, 2.05) is 0 Å². The number of benzene rings is 11. The van der Waals surface area contributed by atoms with Crippen LogP contribution in [0.4, 0.5) is 51.2 Å². The molecule has 0 amide bonds. The maximum Gasteiger partial charge on any atom is 0.0782 e. The van der Waals surface area contributed by atoms with Crippen molar-refractivity contribution >= 4 is 73.0 Å². The minimum Gasteiger partial charge on any atom is -0.310 e. The van der Waals surface area contributed by atoms with Gasteiger partial charge >= 0.3 is 0 Å². The van der Waals surface area contributed by atoms with Gasteiger partial charge in [0.05, 0.1) is 16.7 Å². The van der Waals surface area contributed by atoms with Crippen LogP contribution >= 0.6 is 0 Å². The van der Waals surface area contributed by atoms with Crippen LogP contribution in [0, 0.1) is 0 Å². The summed E-state index contributed by atoms with van der Waals surface area (Å²) in [7, 11) is 0. The number of nitrogens with zero attached hydrogens (tertiary/aromatic N) is 4. The van der Waals surface area contributed by atoms with Gasteiger partial charge in [-0.3, -0.25) is 0 Å². The van der Waals surface area contributed by atoms with E-state index in [0.29, 0.717) is 0 Å². The van der Waals surface area contributed by atoms with Gasteiger partial charge in [0.1, 0.15) is 0 Å². The molecular formula is C66H48N4. The van der Waals surface area contributed by atoms with Gasteiger partial charge in [0, 0.05) is 62.0 Å². The van der Waals surface area contributed by atoms with E-state index >= 15 is 0 Å². The van der Waals surface area contributed by atoms with Crippen LogP contribution in [0.25, 0.3) is 49.7 Å². The highest BCUT2D eigenvalue weighted by molar-refractivity contribution is 6.14. The highest BCUT2D eigenvalue weighted by atomic mass is 15.2. The van der Waals surface area contributed by atoms with Gasteiger partial charge in [-0.15, -0.1) is 0 Å². The van der Waals surface area contributed by atoms with Gasteiger partial charge in [-0.2, -0.15) is 0 Å². The lowest BCUT2D eigenvalue weighted by atomic mass is 9.94. The van der Waals surface area contributed by atoms with Crippen LogP contribution in [0.2, 0.25) is 0 Å². The molecule has 12 rings (SSSR count). The first-order valence-corrected chi connectivity index (χ1v) is 23.8. The zero-order valence-corrected chi connectivity index (χ0v) is 38.5. The van der Waals surface area contributed by atoms with Gasteiger partial charge in [-0.1, -0.05) is 182 Å². The number of rotatable bonds is 12. The van der Waals surface area contributed by atoms with Crippen molar-refractivity contribution in [1.82, 2.24) is 4.57 Å². The summed E-state index contributed by atoms with van der Waals surface area (Å²) in [5.41, 5.74) is 17.6. The van der Waals surface area contributed by atoms with Crippen molar-refractivity contribution in [2.24, 2.45) is 0 Å². The first-order valence-electron chi connectivity index (χ1n) is 23.8. The van der Waals surface area contributed by atoms with Crippen molar-refractivity contribution in [3.8, 4) is 27.9 Å². The maximum atomic E-state index is 2.44. The van der Waals surface area contributed by atoms with Crippen molar-refractivity contribution in [3.63, 3.8) is 0 Å². The van der Waals surface area contributed by atoms with Crippen LogP contribution in [-0.4, -0.2) is 4.57 Å². The Kier molecular flexibility index (Phi) is 11.2. The van der Waals surface area contributed by atoms with E-state index in [-0.39, 0.29) is 0 Å². The topological polar surface area (TPSA) is 14.7 Å². The predicted molar refractivity (Wildman–Crippen MR) is 296 cm³/mol. The second kappa shape index (κ2) is 18.7.